The molecule has 0 spiro atoms. The molecule has 9 nitrogen and oxygen atoms in total. The molecule has 1 aromatic heterocycles. The van der Waals surface area contributed by atoms with E-state index in [0.717, 1.165) is 63.2 Å². The first-order valence-corrected chi connectivity index (χ1v) is 11.4. The number of aromatic nitrogens is 3. The Balaban J connectivity index is 1.41. The second-order valence-electron chi connectivity index (χ2n) is 8.65. The summed E-state index contributed by atoms with van der Waals surface area (Å²) in [6.45, 7) is 7.08. The van der Waals surface area contributed by atoms with E-state index in [4.69, 9.17) is 4.99 Å². The van der Waals surface area contributed by atoms with Crippen LogP contribution in [0.15, 0.2) is 35.3 Å². The summed E-state index contributed by atoms with van der Waals surface area (Å²) >= 11 is 0. The van der Waals surface area contributed by atoms with Gasteiger partial charge >= 0.3 is 0 Å². The molecule has 1 amide bonds. The van der Waals surface area contributed by atoms with Gasteiger partial charge in [0.25, 0.3) is 0 Å². The average Bonchev–Trinajstić information content (AvgIpc) is 3.39. The van der Waals surface area contributed by atoms with Crippen LogP contribution in [-0.4, -0.2) is 87.1 Å². The number of likely N-dealkylation sites (N-methyl/N-ethyl adjacent to an activating group) is 1. The van der Waals surface area contributed by atoms with E-state index in [1.807, 2.05) is 41.6 Å². The number of hydrogen-bond acceptors (Lipinski definition) is 5. The van der Waals surface area contributed by atoms with Crippen molar-refractivity contribution >= 4 is 11.9 Å². The zero-order valence-electron chi connectivity index (χ0n) is 19.4. The number of likely N-dealkylation sites (tertiary alicyclic amines) is 1. The number of carbonyl (C=O) groups excluding carboxylic acids is 1. The minimum atomic E-state index is 0.0463. The first-order valence-electron chi connectivity index (χ1n) is 11.4. The fourth-order valence-electron chi connectivity index (χ4n) is 4.35. The number of carbonyl (C=O) groups is 1. The molecule has 0 saturated carbocycles. The number of nitrogens with zero attached hydrogens (tertiary/aromatic N) is 7. The predicted octanol–water partition coefficient (Wildman–Crippen LogP) is 1.01. The van der Waals surface area contributed by atoms with E-state index in [-0.39, 0.29) is 11.9 Å². The van der Waals surface area contributed by atoms with Crippen molar-refractivity contribution in [3.8, 4) is 0 Å². The third-order valence-corrected chi connectivity index (χ3v) is 6.54. The van der Waals surface area contributed by atoms with Crippen LogP contribution in [0.5, 0.6) is 0 Å². The maximum absolute atomic E-state index is 13.0. The number of piperazine rings is 1. The summed E-state index contributed by atoms with van der Waals surface area (Å²) in [5.41, 5.74) is 1.17. The quantitative estimate of drug-likeness (QED) is 0.554. The fraction of sp³-hybridized carbons (Fsp3) is 0.565. The number of aryl methyl sites for hydroxylation is 1. The third-order valence-electron chi connectivity index (χ3n) is 6.54. The Labute approximate surface area is 190 Å². The topological polar surface area (TPSA) is 81.9 Å². The summed E-state index contributed by atoms with van der Waals surface area (Å²) in [6.07, 6.45) is 2.08. The smallest absolute Gasteiger partial charge is 0.240 e. The molecule has 0 radical (unpaired) electrons. The van der Waals surface area contributed by atoms with Gasteiger partial charge in [-0.15, -0.1) is 10.2 Å². The fourth-order valence-corrected chi connectivity index (χ4v) is 4.35. The molecule has 4 rings (SSSR count). The molecule has 2 fully saturated rings. The Morgan fingerprint density at radius 1 is 1.06 bits per heavy atom. The van der Waals surface area contributed by atoms with E-state index < -0.39 is 0 Å². The highest BCUT2D eigenvalue weighted by Crippen LogP contribution is 2.18. The van der Waals surface area contributed by atoms with Gasteiger partial charge < -0.3 is 19.7 Å². The zero-order chi connectivity index (χ0) is 22.5. The Kier molecular flexibility index (Phi) is 7.04. The third kappa shape index (κ3) is 5.09. The first-order chi connectivity index (χ1) is 15.5. The second kappa shape index (κ2) is 10.1. The van der Waals surface area contributed by atoms with Gasteiger partial charge in [0.05, 0.1) is 19.1 Å². The van der Waals surface area contributed by atoms with Crippen LogP contribution in [0, 0.1) is 6.92 Å². The van der Waals surface area contributed by atoms with Crippen molar-refractivity contribution in [2.24, 2.45) is 12.0 Å². The van der Waals surface area contributed by atoms with Gasteiger partial charge in [-0.25, -0.2) is 4.99 Å². The monoisotopic (exact) mass is 438 g/mol. The van der Waals surface area contributed by atoms with E-state index >= 15 is 0 Å². The largest absolute Gasteiger partial charge is 0.349 e. The van der Waals surface area contributed by atoms with Gasteiger partial charge in [-0.3, -0.25) is 9.69 Å². The van der Waals surface area contributed by atoms with Crippen molar-refractivity contribution in [3.63, 3.8) is 0 Å². The summed E-state index contributed by atoms with van der Waals surface area (Å²) in [5, 5.41) is 11.9. The summed E-state index contributed by atoms with van der Waals surface area (Å²) < 4.78 is 1.98. The lowest BCUT2D eigenvalue weighted by atomic mass is 10.1. The SMILES string of the molecule is Cc1nnc(CNC(=NCc2ccccc2)N2CCN(C(=O)C3CCCN3C)CC2)n1C. The van der Waals surface area contributed by atoms with Gasteiger partial charge in [-0.1, -0.05) is 30.3 Å². The minimum absolute atomic E-state index is 0.0463. The molecule has 2 aliphatic heterocycles. The summed E-state index contributed by atoms with van der Waals surface area (Å²) in [6, 6.07) is 10.3. The van der Waals surface area contributed by atoms with Crippen LogP contribution in [0.1, 0.15) is 30.1 Å². The van der Waals surface area contributed by atoms with E-state index in [1.165, 1.54) is 5.56 Å². The average molecular weight is 439 g/mol. The van der Waals surface area contributed by atoms with Crippen molar-refractivity contribution in [3.05, 3.63) is 47.5 Å². The number of guanidine groups is 1. The van der Waals surface area contributed by atoms with Gasteiger partial charge in [-0.05, 0) is 38.9 Å². The van der Waals surface area contributed by atoms with Crippen LogP contribution >= 0.6 is 0 Å². The highest BCUT2D eigenvalue weighted by molar-refractivity contribution is 5.83. The van der Waals surface area contributed by atoms with Crippen LogP contribution in [0.2, 0.25) is 0 Å². The molecule has 2 aliphatic rings. The lowest BCUT2D eigenvalue weighted by molar-refractivity contribution is -0.136. The number of amides is 1. The van der Waals surface area contributed by atoms with Gasteiger partial charge in [0.1, 0.15) is 5.82 Å². The molecule has 1 N–H and O–H groups in total. The Hall–Kier alpha value is -2.94. The molecule has 9 heteroatoms. The van der Waals surface area contributed by atoms with Gasteiger partial charge in [0, 0.05) is 33.2 Å². The standard InChI is InChI=1S/C23H34N8O/c1-18-26-27-21(29(18)3)17-25-23(24-16-19-8-5-4-6-9-19)31-14-12-30(13-15-31)22(32)20-10-7-11-28(20)2/h4-6,8-9,20H,7,10-17H2,1-3H3,(H,24,25). The highest BCUT2D eigenvalue weighted by atomic mass is 16.2. The highest BCUT2D eigenvalue weighted by Gasteiger charge is 2.33. The summed E-state index contributed by atoms with van der Waals surface area (Å²) in [4.78, 5) is 24.3. The van der Waals surface area contributed by atoms with E-state index in [0.29, 0.717) is 13.1 Å². The van der Waals surface area contributed by atoms with Gasteiger partial charge in [0.2, 0.25) is 5.91 Å². The van der Waals surface area contributed by atoms with Crippen LogP contribution in [0.25, 0.3) is 0 Å². The van der Waals surface area contributed by atoms with E-state index in [2.05, 4.69) is 44.5 Å². The maximum atomic E-state index is 13.0. The normalized spacial score (nSPS) is 20.1. The molecule has 172 valence electrons. The van der Waals surface area contributed by atoms with Crippen LogP contribution in [-0.2, 0) is 24.9 Å². The van der Waals surface area contributed by atoms with Crippen LogP contribution in [0.4, 0.5) is 0 Å². The van der Waals surface area contributed by atoms with Crippen molar-refractivity contribution in [2.45, 2.75) is 38.9 Å². The van der Waals surface area contributed by atoms with Gasteiger partial charge in [0.15, 0.2) is 11.8 Å². The molecular weight excluding hydrogens is 404 g/mol. The number of hydrogen-bond donors (Lipinski definition) is 1. The number of benzene rings is 1. The lowest BCUT2D eigenvalue weighted by Gasteiger charge is -2.38. The summed E-state index contributed by atoms with van der Waals surface area (Å²) in [5.74, 6) is 2.87. The second-order valence-corrected chi connectivity index (χ2v) is 8.65. The lowest BCUT2D eigenvalue weighted by Crippen LogP contribution is -2.56. The molecule has 1 atom stereocenters. The van der Waals surface area contributed by atoms with E-state index in [1.54, 1.807) is 0 Å². The molecule has 1 aromatic carbocycles. The summed E-state index contributed by atoms with van der Waals surface area (Å²) in [7, 11) is 4.02. The molecule has 0 aliphatic carbocycles. The predicted molar refractivity (Wildman–Crippen MR) is 124 cm³/mol. The van der Waals surface area contributed by atoms with E-state index in [9.17, 15) is 4.79 Å². The Morgan fingerprint density at radius 2 is 1.78 bits per heavy atom. The molecule has 3 heterocycles. The Bertz CT molecular complexity index is 933. The zero-order valence-corrected chi connectivity index (χ0v) is 19.4. The van der Waals surface area contributed by atoms with Crippen molar-refractivity contribution in [1.29, 1.82) is 0 Å². The molecule has 2 aromatic rings. The van der Waals surface area contributed by atoms with Crippen LogP contribution in [0.3, 0.4) is 0 Å². The van der Waals surface area contributed by atoms with Gasteiger partial charge in [-0.2, -0.15) is 0 Å². The van der Waals surface area contributed by atoms with Crippen molar-refractivity contribution < 1.29 is 4.79 Å². The van der Waals surface area contributed by atoms with Crippen molar-refractivity contribution in [1.82, 2.24) is 34.8 Å². The minimum Gasteiger partial charge on any atom is -0.349 e. The molecule has 0 bridgehead atoms. The first kappa shape index (κ1) is 22.3. The van der Waals surface area contributed by atoms with Crippen molar-refractivity contribution in [2.75, 3.05) is 39.8 Å². The molecular formula is C23H34N8O. The number of aliphatic imine (C=N–C) groups is 1. The molecule has 32 heavy (non-hydrogen) atoms. The molecule has 1 unspecified atom stereocenters. The number of nitrogens with one attached hydrogen (secondary N) is 1. The maximum Gasteiger partial charge on any atom is 0.240 e. The Morgan fingerprint density at radius 3 is 2.41 bits per heavy atom. The van der Waals surface area contributed by atoms with Crippen LogP contribution < -0.4 is 5.32 Å². The molecule has 2 saturated heterocycles. The number of rotatable bonds is 5.